The van der Waals surface area contributed by atoms with Crippen molar-refractivity contribution in [1.82, 2.24) is 14.7 Å². The monoisotopic (exact) mass is 413 g/mol. The second kappa shape index (κ2) is 10.3. The van der Waals surface area contributed by atoms with E-state index in [9.17, 15) is 9.50 Å². The van der Waals surface area contributed by atoms with Gasteiger partial charge in [-0.1, -0.05) is 30.3 Å². The van der Waals surface area contributed by atoms with Crippen LogP contribution < -0.4 is 4.74 Å². The Hall–Kier alpha value is -2.74. The largest absolute Gasteiger partial charge is 0.435 e. The van der Waals surface area contributed by atoms with E-state index in [4.69, 9.17) is 9.47 Å². The van der Waals surface area contributed by atoms with E-state index in [1.165, 1.54) is 6.07 Å². The highest BCUT2D eigenvalue weighted by molar-refractivity contribution is 5.43. The highest BCUT2D eigenvalue weighted by Gasteiger charge is 2.22. The van der Waals surface area contributed by atoms with E-state index in [2.05, 4.69) is 10.00 Å². The van der Waals surface area contributed by atoms with Crippen LogP contribution in [0.1, 0.15) is 18.2 Å². The highest BCUT2D eigenvalue weighted by atomic mass is 19.1. The lowest BCUT2D eigenvalue weighted by atomic mass is 10.2. The Labute approximate surface area is 176 Å². The summed E-state index contributed by atoms with van der Waals surface area (Å²) in [5, 5.41) is 14.6. The van der Waals surface area contributed by atoms with Crippen LogP contribution in [0, 0.1) is 12.7 Å². The smallest absolute Gasteiger partial charge is 0.227 e. The molecule has 1 heterocycles. The third-order valence-electron chi connectivity index (χ3n) is 4.70. The SMILES string of the molecule is COCCN(Cc1c(C)nn(-c2ccccc2)c1Oc1ccccc1F)C[C@@H](C)O. The second-order valence-electron chi connectivity index (χ2n) is 7.23. The molecule has 3 rings (SSSR count). The molecule has 0 unspecified atom stereocenters. The Balaban J connectivity index is 2.02. The van der Waals surface area contributed by atoms with Gasteiger partial charge in [-0.15, -0.1) is 0 Å². The fourth-order valence-electron chi connectivity index (χ4n) is 3.25. The van der Waals surface area contributed by atoms with Crippen LogP contribution >= 0.6 is 0 Å². The highest BCUT2D eigenvalue weighted by Crippen LogP contribution is 2.32. The molecule has 30 heavy (non-hydrogen) atoms. The molecular weight excluding hydrogens is 385 g/mol. The van der Waals surface area contributed by atoms with E-state index in [0.29, 0.717) is 32.1 Å². The van der Waals surface area contributed by atoms with E-state index in [1.54, 1.807) is 36.9 Å². The summed E-state index contributed by atoms with van der Waals surface area (Å²) >= 11 is 0. The van der Waals surface area contributed by atoms with Crippen LogP contribution in [0.2, 0.25) is 0 Å². The van der Waals surface area contributed by atoms with Gasteiger partial charge in [0.25, 0.3) is 0 Å². The number of hydrogen-bond acceptors (Lipinski definition) is 5. The number of benzene rings is 2. The normalized spacial score (nSPS) is 12.3. The fourth-order valence-corrected chi connectivity index (χ4v) is 3.25. The molecule has 3 aromatic rings. The minimum Gasteiger partial charge on any atom is -0.435 e. The number of aromatic nitrogens is 2. The number of aliphatic hydroxyl groups is 1. The summed E-state index contributed by atoms with van der Waals surface area (Å²) in [5.41, 5.74) is 2.43. The predicted octanol–water partition coefficient (Wildman–Crippen LogP) is 3.94. The molecule has 0 aliphatic rings. The van der Waals surface area contributed by atoms with Crippen molar-refractivity contribution in [2.75, 3.05) is 26.8 Å². The van der Waals surface area contributed by atoms with Crippen molar-refractivity contribution in [3.05, 3.63) is 71.7 Å². The maximum absolute atomic E-state index is 14.3. The van der Waals surface area contributed by atoms with Crippen molar-refractivity contribution in [2.24, 2.45) is 0 Å². The van der Waals surface area contributed by atoms with Gasteiger partial charge >= 0.3 is 0 Å². The number of para-hydroxylation sites is 2. The lowest BCUT2D eigenvalue weighted by molar-refractivity contribution is 0.0934. The number of nitrogens with zero attached hydrogens (tertiary/aromatic N) is 3. The molecule has 0 bridgehead atoms. The molecule has 2 aromatic carbocycles. The van der Waals surface area contributed by atoms with Crippen molar-refractivity contribution in [3.8, 4) is 17.3 Å². The zero-order valence-electron chi connectivity index (χ0n) is 17.6. The van der Waals surface area contributed by atoms with Crippen LogP contribution in [-0.2, 0) is 11.3 Å². The summed E-state index contributed by atoms with van der Waals surface area (Å²) < 4.78 is 27.3. The van der Waals surface area contributed by atoms with Gasteiger partial charge in [0.05, 0.1) is 29.7 Å². The summed E-state index contributed by atoms with van der Waals surface area (Å²) in [6.45, 7) is 5.77. The van der Waals surface area contributed by atoms with E-state index in [0.717, 1.165) is 16.9 Å². The van der Waals surface area contributed by atoms with Crippen molar-refractivity contribution in [3.63, 3.8) is 0 Å². The minimum atomic E-state index is -0.498. The number of methoxy groups -OCH3 is 1. The second-order valence-corrected chi connectivity index (χ2v) is 7.23. The van der Waals surface area contributed by atoms with Crippen LogP contribution in [0.15, 0.2) is 54.6 Å². The van der Waals surface area contributed by atoms with Crippen LogP contribution in [-0.4, -0.2) is 52.7 Å². The number of aryl methyl sites for hydroxylation is 1. The first kappa shape index (κ1) is 22.0. The van der Waals surface area contributed by atoms with Gasteiger partial charge in [-0.25, -0.2) is 9.07 Å². The molecule has 1 aromatic heterocycles. The zero-order valence-corrected chi connectivity index (χ0v) is 17.6. The average molecular weight is 413 g/mol. The molecule has 6 nitrogen and oxygen atoms in total. The molecule has 0 amide bonds. The van der Waals surface area contributed by atoms with Gasteiger partial charge in [0.15, 0.2) is 11.6 Å². The third kappa shape index (κ3) is 5.44. The Bertz CT molecular complexity index is 944. The Morgan fingerprint density at radius 1 is 1.13 bits per heavy atom. The molecule has 0 saturated heterocycles. The maximum atomic E-state index is 14.3. The average Bonchev–Trinajstić information content (AvgIpc) is 3.03. The fraction of sp³-hybridized carbons (Fsp3) is 0.348. The first-order chi connectivity index (χ1) is 14.5. The Morgan fingerprint density at radius 2 is 1.83 bits per heavy atom. The summed E-state index contributed by atoms with van der Waals surface area (Å²) in [7, 11) is 1.64. The molecule has 0 spiro atoms. The van der Waals surface area contributed by atoms with Gasteiger partial charge < -0.3 is 14.6 Å². The van der Waals surface area contributed by atoms with Gasteiger partial charge in [0.2, 0.25) is 5.88 Å². The number of hydrogen-bond donors (Lipinski definition) is 1. The summed E-state index contributed by atoms with van der Waals surface area (Å²) in [5.74, 6) is 0.147. The van der Waals surface area contributed by atoms with Crippen LogP contribution in [0.25, 0.3) is 5.69 Å². The van der Waals surface area contributed by atoms with Crippen molar-refractivity contribution >= 4 is 0 Å². The lowest BCUT2D eigenvalue weighted by Gasteiger charge is -2.23. The molecule has 0 saturated carbocycles. The van der Waals surface area contributed by atoms with E-state index >= 15 is 0 Å². The molecule has 0 fully saturated rings. The molecule has 0 radical (unpaired) electrons. The molecule has 0 aliphatic carbocycles. The van der Waals surface area contributed by atoms with Crippen molar-refractivity contribution < 1.29 is 19.0 Å². The summed E-state index contributed by atoms with van der Waals surface area (Å²) in [6.07, 6.45) is -0.498. The maximum Gasteiger partial charge on any atom is 0.227 e. The molecule has 1 atom stereocenters. The molecule has 160 valence electrons. The summed E-state index contributed by atoms with van der Waals surface area (Å²) in [4.78, 5) is 2.07. The third-order valence-corrected chi connectivity index (χ3v) is 4.70. The van der Waals surface area contributed by atoms with E-state index in [-0.39, 0.29) is 5.75 Å². The number of aliphatic hydroxyl groups excluding tert-OH is 1. The van der Waals surface area contributed by atoms with Gasteiger partial charge in [0.1, 0.15) is 0 Å². The molecular formula is C23H28FN3O3. The zero-order chi connectivity index (χ0) is 21.5. The first-order valence-corrected chi connectivity index (χ1v) is 9.95. The van der Waals surface area contributed by atoms with Gasteiger partial charge in [-0.2, -0.15) is 5.10 Å². The topological polar surface area (TPSA) is 59.8 Å². The minimum absolute atomic E-state index is 0.134. The Morgan fingerprint density at radius 3 is 2.50 bits per heavy atom. The molecule has 7 heteroatoms. The van der Waals surface area contributed by atoms with Crippen LogP contribution in [0.5, 0.6) is 11.6 Å². The van der Waals surface area contributed by atoms with Gasteiger partial charge in [0, 0.05) is 26.7 Å². The number of rotatable bonds is 10. The standard InChI is InChI=1S/C23H28FN3O3/c1-17(28)15-26(13-14-29-3)16-20-18(2)25-27(19-9-5-4-6-10-19)23(20)30-22-12-8-7-11-21(22)24/h4-12,17,28H,13-16H2,1-3H3/t17-/m1/s1. The molecule has 0 aliphatic heterocycles. The van der Waals surface area contributed by atoms with E-state index in [1.807, 2.05) is 37.3 Å². The van der Waals surface area contributed by atoms with Gasteiger partial charge in [-0.3, -0.25) is 4.90 Å². The number of halogens is 1. The van der Waals surface area contributed by atoms with Crippen molar-refractivity contribution in [1.29, 1.82) is 0 Å². The van der Waals surface area contributed by atoms with Crippen LogP contribution in [0.3, 0.4) is 0 Å². The lowest BCUT2D eigenvalue weighted by Crippen LogP contribution is -2.33. The predicted molar refractivity (Wildman–Crippen MR) is 114 cm³/mol. The number of ether oxygens (including phenoxy) is 2. The Kier molecular flexibility index (Phi) is 7.57. The quantitative estimate of drug-likeness (QED) is 0.546. The molecule has 1 N–H and O–H groups in total. The first-order valence-electron chi connectivity index (χ1n) is 9.95. The van der Waals surface area contributed by atoms with Gasteiger partial charge in [-0.05, 0) is 38.1 Å². The summed E-state index contributed by atoms with van der Waals surface area (Å²) in [6, 6.07) is 15.9. The van der Waals surface area contributed by atoms with Crippen molar-refractivity contribution in [2.45, 2.75) is 26.5 Å². The van der Waals surface area contributed by atoms with Crippen LogP contribution in [0.4, 0.5) is 4.39 Å². The van der Waals surface area contributed by atoms with E-state index < -0.39 is 11.9 Å².